The highest BCUT2D eigenvalue weighted by Gasteiger charge is 2.27. The first-order valence-electron chi connectivity index (χ1n) is 8.11. The number of hydrogen-bond donors (Lipinski definition) is 2. The fraction of sp³-hybridized carbons (Fsp3) is 0.211. The van der Waals surface area contributed by atoms with Gasteiger partial charge in [0.1, 0.15) is 0 Å². The number of carbonyl (C=O) groups excluding carboxylic acids is 3. The number of urea groups is 1. The van der Waals surface area contributed by atoms with E-state index in [4.69, 9.17) is 25.8 Å². The van der Waals surface area contributed by atoms with E-state index in [0.717, 1.165) is 0 Å². The molecule has 2 aromatic rings. The molecule has 8 nitrogen and oxygen atoms in total. The highest BCUT2D eigenvalue weighted by Crippen LogP contribution is 2.36. The second-order valence-electron chi connectivity index (χ2n) is 5.46. The van der Waals surface area contributed by atoms with Gasteiger partial charge in [-0.15, -0.1) is 0 Å². The van der Waals surface area contributed by atoms with Crippen molar-refractivity contribution in [2.24, 2.45) is 0 Å². The van der Waals surface area contributed by atoms with Crippen LogP contribution >= 0.6 is 11.6 Å². The molecule has 0 spiro atoms. The summed E-state index contributed by atoms with van der Waals surface area (Å²) in [6.45, 7) is 0. The molecule has 148 valence electrons. The van der Waals surface area contributed by atoms with Gasteiger partial charge in [0.05, 0.1) is 24.8 Å². The molecule has 0 bridgehead atoms. The van der Waals surface area contributed by atoms with Gasteiger partial charge in [-0.3, -0.25) is 10.1 Å². The van der Waals surface area contributed by atoms with E-state index in [-0.39, 0.29) is 22.1 Å². The Hall–Kier alpha value is -3.26. The second-order valence-corrected chi connectivity index (χ2v) is 5.87. The highest BCUT2D eigenvalue weighted by atomic mass is 35.5. The molecule has 0 aliphatic heterocycles. The largest absolute Gasteiger partial charge is 0.493 e. The molecule has 1 unspecified atom stereocenters. The maximum Gasteiger partial charge on any atom is 0.339 e. The van der Waals surface area contributed by atoms with Gasteiger partial charge in [0.15, 0.2) is 11.5 Å². The van der Waals surface area contributed by atoms with Crippen LogP contribution in [0.3, 0.4) is 0 Å². The third-order valence-electron chi connectivity index (χ3n) is 3.70. The second kappa shape index (κ2) is 9.61. The molecule has 0 fully saturated rings. The minimum Gasteiger partial charge on any atom is -0.493 e. The van der Waals surface area contributed by atoms with E-state index >= 15 is 0 Å². The van der Waals surface area contributed by atoms with Gasteiger partial charge in [-0.05, 0) is 12.1 Å². The number of hydrogen-bond acceptors (Lipinski definition) is 6. The van der Waals surface area contributed by atoms with E-state index in [2.05, 4.69) is 10.6 Å². The standard InChI is InChI=1S/C19H19ClN2O6/c1-21-19(25)22-17(23)15(11-7-5-4-6-8-11)28-18(24)12-9-13(20)16(27-3)14(10-12)26-2/h4-10,15H,1-3H3,(H2,21,22,23,25). The first-order chi connectivity index (χ1) is 13.4. The number of nitrogens with one attached hydrogen (secondary N) is 2. The van der Waals surface area contributed by atoms with Crippen molar-refractivity contribution in [1.82, 2.24) is 10.6 Å². The number of methoxy groups -OCH3 is 2. The molecule has 2 rings (SSSR count). The van der Waals surface area contributed by atoms with Gasteiger partial charge in [0.2, 0.25) is 6.10 Å². The Bertz CT molecular complexity index is 872. The lowest BCUT2D eigenvalue weighted by Crippen LogP contribution is -2.41. The third-order valence-corrected chi connectivity index (χ3v) is 3.98. The summed E-state index contributed by atoms with van der Waals surface area (Å²) in [6.07, 6.45) is -1.35. The topological polar surface area (TPSA) is 103 Å². The monoisotopic (exact) mass is 406 g/mol. The Balaban J connectivity index is 2.33. The fourth-order valence-corrected chi connectivity index (χ4v) is 2.64. The maximum absolute atomic E-state index is 12.7. The van der Waals surface area contributed by atoms with Crippen LogP contribution in [0.2, 0.25) is 5.02 Å². The zero-order valence-corrected chi connectivity index (χ0v) is 16.2. The van der Waals surface area contributed by atoms with Crippen molar-refractivity contribution in [3.8, 4) is 11.5 Å². The predicted octanol–water partition coefficient (Wildman–Crippen LogP) is 2.71. The van der Waals surface area contributed by atoms with Crippen molar-refractivity contribution >= 4 is 29.5 Å². The summed E-state index contributed by atoms with van der Waals surface area (Å²) < 4.78 is 15.7. The summed E-state index contributed by atoms with van der Waals surface area (Å²) in [6, 6.07) is 10.3. The van der Waals surface area contributed by atoms with Crippen LogP contribution in [0.1, 0.15) is 22.0 Å². The molecule has 0 heterocycles. The van der Waals surface area contributed by atoms with Gasteiger partial charge in [0, 0.05) is 12.6 Å². The van der Waals surface area contributed by atoms with Gasteiger partial charge in [-0.2, -0.15) is 0 Å². The molecule has 0 saturated heterocycles. The number of rotatable bonds is 6. The molecule has 9 heteroatoms. The first-order valence-corrected chi connectivity index (χ1v) is 8.49. The van der Waals surface area contributed by atoms with Crippen LogP contribution in [0.25, 0.3) is 0 Å². The van der Waals surface area contributed by atoms with Gasteiger partial charge >= 0.3 is 12.0 Å². The minimum absolute atomic E-state index is 0.0522. The van der Waals surface area contributed by atoms with Crippen LogP contribution in [0, 0.1) is 0 Å². The van der Waals surface area contributed by atoms with E-state index in [1.807, 2.05) is 0 Å². The lowest BCUT2D eigenvalue weighted by molar-refractivity contribution is -0.129. The summed E-state index contributed by atoms with van der Waals surface area (Å²) in [5.74, 6) is -1.14. The van der Waals surface area contributed by atoms with Crippen LogP contribution in [0.4, 0.5) is 4.79 Å². The predicted molar refractivity (Wildman–Crippen MR) is 102 cm³/mol. The molecule has 3 amide bonds. The van der Waals surface area contributed by atoms with E-state index < -0.39 is 24.0 Å². The van der Waals surface area contributed by atoms with Gasteiger partial charge < -0.3 is 19.5 Å². The van der Waals surface area contributed by atoms with Crippen molar-refractivity contribution in [2.75, 3.05) is 21.3 Å². The number of benzene rings is 2. The smallest absolute Gasteiger partial charge is 0.339 e. The van der Waals surface area contributed by atoms with Crippen molar-refractivity contribution in [1.29, 1.82) is 0 Å². The maximum atomic E-state index is 12.7. The van der Waals surface area contributed by atoms with Gasteiger partial charge in [-0.1, -0.05) is 41.9 Å². The van der Waals surface area contributed by atoms with Crippen molar-refractivity contribution in [3.63, 3.8) is 0 Å². The van der Waals surface area contributed by atoms with Gasteiger partial charge in [0.25, 0.3) is 5.91 Å². The summed E-state index contributed by atoms with van der Waals surface area (Å²) in [5, 5.41) is 4.50. The molecular weight excluding hydrogens is 388 g/mol. The summed E-state index contributed by atoms with van der Waals surface area (Å²) in [5.41, 5.74) is 0.445. The van der Waals surface area contributed by atoms with Crippen LogP contribution < -0.4 is 20.1 Å². The normalized spacial score (nSPS) is 11.1. The first kappa shape index (κ1) is 21.0. The molecule has 0 aliphatic rings. The van der Waals surface area contributed by atoms with Crippen LogP contribution in [0.15, 0.2) is 42.5 Å². The average molecular weight is 407 g/mol. The molecule has 28 heavy (non-hydrogen) atoms. The van der Waals surface area contributed by atoms with Crippen LogP contribution in [-0.4, -0.2) is 39.2 Å². The van der Waals surface area contributed by atoms with E-state index in [9.17, 15) is 14.4 Å². The molecule has 2 aromatic carbocycles. The number of imide groups is 1. The molecule has 1 atom stereocenters. The third kappa shape index (κ3) is 4.92. The number of ether oxygens (including phenoxy) is 3. The fourth-order valence-electron chi connectivity index (χ4n) is 2.35. The van der Waals surface area contributed by atoms with Crippen molar-refractivity contribution in [3.05, 3.63) is 58.6 Å². The van der Waals surface area contributed by atoms with Crippen molar-refractivity contribution in [2.45, 2.75) is 6.10 Å². The number of amides is 3. The summed E-state index contributed by atoms with van der Waals surface area (Å²) in [4.78, 5) is 36.6. The zero-order valence-electron chi connectivity index (χ0n) is 15.4. The number of carbonyl (C=O) groups is 3. The Morgan fingerprint density at radius 3 is 2.29 bits per heavy atom. The molecule has 0 aromatic heterocycles. The Labute approximate surface area is 166 Å². The summed E-state index contributed by atoms with van der Waals surface area (Å²) in [7, 11) is 4.17. The molecule has 0 saturated carbocycles. The van der Waals surface area contributed by atoms with E-state index in [1.165, 1.54) is 33.4 Å². The van der Waals surface area contributed by atoms with Gasteiger partial charge in [-0.25, -0.2) is 9.59 Å². The summed E-state index contributed by atoms with van der Waals surface area (Å²) >= 11 is 6.12. The Morgan fingerprint density at radius 2 is 1.71 bits per heavy atom. The molecule has 2 N–H and O–H groups in total. The lowest BCUT2D eigenvalue weighted by Gasteiger charge is -2.18. The van der Waals surface area contributed by atoms with Crippen LogP contribution in [0.5, 0.6) is 11.5 Å². The number of esters is 1. The average Bonchev–Trinajstić information content (AvgIpc) is 2.71. The lowest BCUT2D eigenvalue weighted by atomic mass is 10.1. The van der Waals surface area contributed by atoms with Crippen LogP contribution in [-0.2, 0) is 9.53 Å². The van der Waals surface area contributed by atoms with E-state index in [0.29, 0.717) is 5.56 Å². The Kier molecular flexibility index (Phi) is 7.22. The Morgan fingerprint density at radius 1 is 1.04 bits per heavy atom. The van der Waals surface area contributed by atoms with Crippen molar-refractivity contribution < 1.29 is 28.6 Å². The van der Waals surface area contributed by atoms with E-state index in [1.54, 1.807) is 30.3 Å². The molecular formula is C19H19ClN2O6. The zero-order chi connectivity index (χ0) is 20.7. The quantitative estimate of drug-likeness (QED) is 0.715. The highest BCUT2D eigenvalue weighted by molar-refractivity contribution is 6.32. The SMILES string of the molecule is CNC(=O)NC(=O)C(OC(=O)c1cc(Cl)c(OC)c(OC)c1)c1ccccc1. The number of halogens is 1. The minimum atomic E-state index is -1.35. The molecule has 0 radical (unpaired) electrons. The molecule has 0 aliphatic carbocycles.